The summed E-state index contributed by atoms with van der Waals surface area (Å²) in [5.41, 5.74) is 0.899. The van der Waals surface area contributed by atoms with E-state index in [9.17, 15) is 14.3 Å². The first-order valence-corrected chi connectivity index (χ1v) is 10.7. The second-order valence-corrected chi connectivity index (χ2v) is 8.29. The fraction of sp³-hybridized carbons (Fsp3) is 0.409. The van der Waals surface area contributed by atoms with Crippen LogP contribution < -0.4 is 14.8 Å². The van der Waals surface area contributed by atoms with Crippen molar-refractivity contribution in [3.05, 3.63) is 53.8 Å². The first kappa shape index (κ1) is 21.5. The Balaban J connectivity index is 1.35. The van der Waals surface area contributed by atoms with Crippen LogP contribution in [0.1, 0.15) is 37.7 Å². The maximum Gasteiger partial charge on any atom is 0.220 e. The van der Waals surface area contributed by atoms with Crippen LogP contribution in [0.15, 0.2) is 47.4 Å². The van der Waals surface area contributed by atoms with E-state index in [1.54, 1.807) is 18.2 Å². The van der Waals surface area contributed by atoms with E-state index in [0.717, 1.165) is 36.1 Å². The molecule has 3 N–H and O–H groups in total. The Bertz CT molecular complexity index is 808. The lowest BCUT2D eigenvalue weighted by molar-refractivity contribution is -0.122. The van der Waals surface area contributed by atoms with E-state index in [-0.39, 0.29) is 17.5 Å². The van der Waals surface area contributed by atoms with Crippen molar-refractivity contribution in [3.63, 3.8) is 0 Å². The van der Waals surface area contributed by atoms with E-state index < -0.39 is 0 Å². The second-order valence-electron chi connectivity index (χ2n) is 7.38. The summed E-state index contributed by atoms with van der Waals surface area (Å²) in [7, 11) is 1.54. The van der Waals surface area contributed by atoms with E-state index in [4.69, 9.17) is 4.74 Å². The first-order valence-electron chi connectivity index (χ1n) is 9.84. The Hall–Kier alpha value is -2.25. The minimum Gasteiger partial charge on any atom is -0.504 e. The number of rotatable bonds is 8. The van der Waals surface area contributed by atoms with E-state index in [1.807, 2.05) is 12.1 Å². The van der Waals surface area contributed by atoms with Crippen molar-refractivity contribution in [2.75, 3.05) is 7.11 Å². The zero-order valence-corrected chi connectivity index (χ0v) is 17.3. The van der Waals surface area contributed by atoms with Crippen molar-refractivity contribution < 1.29 is 19.0 Å². The van der Waals surface area contributed by atoms with Gasteiger partial charge in [0.25, 0.3) is 0 Å². The van der Waals surface area contributed by atoms with Crippen LogP contribution in [-0.2, 0) is 11.3 Å². The predicted molar refractivity (Wildman–Crippen MR) is 112 cm³/mol. The first-order chi connectivity index (χ1) is 14.0. The van der Waals surface area contributed by atoms with Crippen molar-refractivity contribution in [2.45, 2.75) is 49.6 Å². The number of aromatic hydroxyl groups is 1. The molecule has 0 aliphatic heterocycles. The van der Waals surface area contributed by atoms with Crippen molar-refractivity contribution in [2.24, 2.45) is 5.92 Å². The molecule has 2 aromatic rings. The van der Waals surface area contributed by atoms with E-state index in [2.05, 4.69) is 10.0 Å². The highest BCUT2D eigenvalue weighted by atomic mass is 32.2. The van der Waals surface area contributed by atoms with Gasteiger partial charge < -0.3 is 15.2 Å². The molecule has 1 aliphatic carbocycles. The molecule has 0 saturated heterocycles. The molecule has 156 valence electrons. The fourth-order valence-electron chi connectivity index (χ4n) is 3.49. The summed E-state index contributed by atoms with van der Waals surface area (Å²) in [6.07, 6.45) is 4.62. The number of nitrogens with one attached hydrogen (secondary N) is 2. The van der Waals surface area contributed by atoms with Crippen LogP contribution in [0.5, 0.6) is 11.5 Å². The molecule has 1 fully saturated rings. The Morgan fingerprint density at radius 2 is 1.90 bits per heavy atom. The van der Waals surface area contributed by atoms with E-state index in [0.29, 0.717) is 30.7 Å². The monoisotopic (exact) mass is 418 g/mol. The molecular formula is C22H27FN2O3S. The molecular weight excluding hydrogens is 391 g/mol. The molecule has 1 saturated carbocycles. The van der Waals surface area contributed by atoms with Gasteiger partial charge in [-0.05, 0) is 79.4 Å². The molecule has 0 atom stereocenters. The fourth-order valence-corrected chi connectivity index (χ4v) is 4.33. The van der Waals surface area contributed by atoms with Crippen LogP contribution >= 0.6 is 11.9 Å². The molecule has 29 heavy (non-hydrogen) atoms. The predicted octanol–water partition coefficient (Wildman–Crippen LogP) is 4.40. The number of phenols is 1. The van der Waals surface area contributed by atoms with Crippen LogP contribution in [0.2, 0.25) is 0 Å². The van der Waals surface area contributed by atoms with Crippen LogP contribution in [0, 0.1) is 11.7 Å². The third kappa shape index (κ3) is 6.65. The number of benzene rings is 2. The third-order valence-electron chi connectivity index (χ3n) is 5.22. The largest absolute Gasteiger partial charge is 0.504 e. The number of hydrogen-bond donors (Lipinski definition) is 3. The molecule has 2 aromatic carbocycles. The van der Waals surface area contributed by atoms with E-state index in [1.165, 1.54) is 31.2 Å². The van der Waals surface area contributed by atoms with Gasteiger partial charge in [0.05, 0.1) is 7.11 Å². The van der Waals surface area contributed by atoms with Gasteiger partial charge in [0.15, 0.2) is 11.5 Å². The third-order valence-corrected chi connectivity index (χ3v) is 6.16. The summed E-state index contributed by atoms with van der Waals surface area (Å²) in [5.74, 6) is 0.784. The number of phenolic OH excluding ortho intramolecular Hbond substituents is 1. The van der Waals surface area contributed by atoms with Gasteiger partial charge in [-0.15, -0.1) is 0 Å². The highest BCUT2D eigenvalue weighted by Gasteiger charge is 2.23. The molecule has 0 radical (unpaired) electrons. The topological polar surface area (TPSA) is 70.6 Å². The average Bonchev–Trinajstić information content (AvgIpc) is 2.74. The number of hydrogen-bond acceptors (Lipinski definition) is 5. The minimum absolute atomic E-state index is 0.0521. The summed E-state index contributed by atoms with van der Waals surface area (Å²) in [5, 5.41) is 12.6. The van der Waals surface area contributed by atoms with E-state index >= 15 is 0 Å². The van der Waals surface area contributed by atoms with Crippen molar-refractivity contribution in [3.8, 4) is 11.5 Å². The lowest BCUT2D eigenvalue weighted by atomic mass is 9.84. The minimum atomic E-state index is -0.270. The molecule has 1 amide bonds. The van der Waals surface area contributed by atoms with Gasteiger partial charge in [0.1, 0.15) is 5.82 Å². The summed E-state index contributed by atoms with van der Waals surface area (Å²) in [6, 6.07) is 11.9. The Kier molecular flexibility index (Phi) is 7.77. The summed E-state index contributed by atoms with van der Waals surface area (Å²) < 4.78 is 21.5. The molecule has 3 rings (SSSR count). The van der Waals surface area contributed by atoms with Gasteiger partial charge >= 0.3 is 0 Å². The maximum atomic E-state index is 12.9. The quantitative estimate of drug-likeness (QED) is 0.554. The SMILES string of the molecule is COc1cc(SNC2CCC(CC(=O)NCc3ccc(F)cc3)CC2)ccc1O. The Labute approximate surface area is 175 Å². The van der Waals surface area contributed by atoms with Crippen LogP contribution in [-0.4, -0.2) is 24.2 Å². The van der Waals surface area contributed by atoms with Crippen LogP contribution in [0.25, 0.3) is 0 Å². The van der Waals surface area contributed by atoms with Gasteiger partial charge in [-0.25, -0.2) is 4.39 Å². The standard InChI is InChI=1S/C22H27FN2O3S/c1-28-21-13-19(10-11-20(21)26)29-25-18-8-4-15(5-9-18)12-22(27)24-14-16-2-6-17(23)7-3-16/h2-3,6-7,10-11,13,15,18,25-26H,4-5,8-9,12,14H2,1H3,(H,24,27). The number of ether oxygens (including phenoxy) is 1. The van der Waals surface area contributed by atoms with Gasteiger partial charge in [0.2, 0.25) is 5.91 Å². The summed E-state index contributed by atoms with van der Waals surface area (Å²) >= 11 is 1.54. The number of halogens is 1. The zero-order chi connectivity index (χ0) is 20.6. The molecule has 5 nitrogen and oxygen atoms in total. The smallest absolute Gasteiger partial charge is 0.220 e. The maximum absolute atomic E-state index is 12.9. The molecule has 0 aromatic heterocycles. The second kappa shape index (κ2) is 10.5. The van der Waals surface area contributed by atoms with Gasteiger partial charge in [-0.3, -0.25) is 9.52 Å². The molecule has 1 aliphatic rings. The van der Waals surface area contributed by atoms with Crippen molar-refractivity contribution in [1.82, 2.24) is 10.0 Å². The molecule has 0 unspecified atom stereocenters. The zero-order valence-electron chi connectivity index (χ0n) is 16.5. The van der Waals surface area contributed by atoms with Gasteiger partial charge in [0, 0.05) is 23.9 Å². The van der Waals surface area contributed by atoms with Gasteiger partial charge in [-0.2, -0.15) is 0 Å². The molecule has 0 heterocycles. The van der Waals surface area contributed by atoms with Crippen molar-refractivity contribution >= 4 is 17.9 Å². The number of carbonyl (C=O) groups excluding carboxylic acids is 1. The lowest BCUT2D eigenvalue weighted by Crippen LogP contribution is -2.31. The number of carbonyl (C=O) groups is 1. The highest BCUT2D eigenvalue weighted by Crippen LogP contribution is 2.32. The Morgan fingerprint density at radius 1 is 1.17 bits per heavy atom. The average molecular weight is 419 g/mol. The Morgan fingerprint density at radius 3 is 2.59 bits per heavy atom. The normalized spacial score (nSPS) is 19.0. The van der Waals surface area contributed by atoms with Crippen LogP contribution in [0.4, 0.5) is 4.39 Å². The molecule has 0 bridgehead atoms. The highest BCUT2D eigenvalue weighted by molar-refractivity contribution is 7.97. The number of methoxy groups -OCH3 is 1. The van der Waals surface area contributed by atoms with Crippen LogP contribution in [0.3, 0.4) is 0 Å². The summed E-state index contributed by atoms with van der Waals surface area (Å²) in [6.45, 7) is 0.433. The van der Waals surface area contributed by atoms with Gasteiger partial charge in [-0.1, -0.05) is 12.1 Å². The molecule has 0 spiro atoms. The lowest BCUT2D eigenvalue weighted by Gasteiger charge is -2.28. The number of amides is 1. The summed E-state index contributed by atoms with van der Waals surface area (Å²) in [4.78, 5) is 13.2. The van der Waals surface area contributed by atoms with Crippen molar-refractivity contribution in [1.29, 1.82) is 0 Å². The molecule has 7 heteroatoms.